The second-order valence-electron chi connectivity index (χ2n) is 3.92. The molecule has 3 heteroatoms. The van der Waals surface area contributed by atoms with E-state index in [9.17, 15) is 4.39 Å². The Labute approximate surface area is 114 Å². The molecule has 90 valence electrons. The van der Waals surface area contributed by atoms with E-state index in [1.807, 2.05) is 12.1 Å². The van der Waals surface area contributed by atoms with E-state index < -0.39 is 0 Å². The fourth-order valence-corrected chi connectivity index (χ4v) is 3.42. The van der Waals surface area contributed by atoms with Crippen LogP contribution >= 0.6 is 27.3 Å². The average molecular weight is 313 g/mol. The Bertz CT molecular complexity index is 492. The van der Waals surface area contributed by atoms with Crippen LogP contribution in [0.4, 0.5) is 4.39 Å². The van der Waals surface area contributed by atoms with Crippen molar-refractivity contribution in [1.29, 1.82) is 0 Å². The highest BCUT2D eigenvalue weighted by Gasteiger charge is 2.13. The van der Waals surface area contributed by atoms with Crippen LogP contribution in [0.5, 0.6) is 0 Å². The van der Waals surface area contributed by atoms with E-state index >= 15 is 0 Å². The minimum absolute atomic E-state index is 0.121. The predicted molar refractivity (Wildman–Crippen MR) is 75.5 cm³/mol. The van der Waals surface area contributed by atoms with Crippen LogP contribution in [0, 0.1) is 5.82 Å². The van der Waals surface area contributed by atoms with Gasteiger partial charge in [-0.25, -0.2) is 4.39 Å². The van der Waals surface area contributed by atoms with Crippen LogP contribution < -0.4 is 0 Å². The standard InChI is InChI=1S/C14H14BrFS/c1-2-11-7-8-14(17-11)12(15)9-10-5-3-4-6-13(10)16/h3-8,12H,2,9H2,1H3. The number of thiophene rings is 1. The molecule has 17 heavy (non-hydrogen) atoms. The summed E-state index contributed by atoms with van der Waals surface area (Å²) in [7, 11) is 0. The average Bonchev–Trinajstić information content (AvgIpc) is 2.81. The lowest BCUT2D eigenvalue weighted by Gasteiger charge is -2.08. The maximum atomic E-state index is 13.5. The first-order valence-corrected chi connectivity index (χ1v) is 7.40. The van der Waals surface area contributed by atoms with Crippen molar-refractivity contribution in [2.24, 2.45) is 0 Å². The van der Waals surface area contributed by atoms with Gasteiger partial charge in [0.2, 0.25) is 0 Å². The van der Waals surface area contributed by atoms with E-state index in [2.05, 4.69) is 35.0 Å². The summed E-state index contributed by atoms with van der Waals surface area (Å²) in [5.74, 6) is -0.121. The van der Waals surface area contributed by atoms with Crippen LogP contribution in [0.1, 0.15) is 27.1 Å². The fourth-order valence-electron chi connectivity index (χ4n) is 1.71. The highest BCUT2D eigenvalue weighted by atomic mass is 79.9. The Morgan fingerprint density at radius 3 is 2.65 bits per heavy atom. The monoisotopic (exact) mass is 312 g/mol. The lowest BCUT2D eigenvalue weighted by molar-refractivity contribution is 0.608. The van der Waals surface area contributed by atoms with Crippen LogP contribution in [0.3, 0.4) is 0 Å². The van der Waals surface area contributed by atoms with E-state index in [0.717, 1.165) is 12.0 Å². The van der Waals surface area contributed by atoms with Gasteiger partial charge in [-0.1, -0.05) is 41.1 Å². The van der Waals surface area contributed by atoms with Crippen molar-refractivity contribution in [3.63, 3.8) is 0 Å². The van der Waals surface area contributed by atoms with E-state index in [4.69, 9.17) is 0 Å². The molecule has 0 aliphatic heterocycles. The van der Waals surface area contributed by atoms with Gasteiger partial charge in [0.15, 0.2) is 0 Å². The zero-order chi connectivity index (χ0) is 12.3. The molecule has 0 fully saturated rings. The molecule has 0 bridgehead atoms. The first kappa shape index (κ1) is 12.8. The van der Waals surface area contributed by atoms with E-state index in [-0.39, 0.29) is 10.6 Å². The van der Waals surface area contributed by atoms with Crippen LogP contribution in [-0.4, -0.2) is 0 Å². The number of hydrogen-bond acceptors (Lipinski definition) is 1. The summed E-state index contributed by atoms with van der Waals surface area (Å²) in [5.41, 5.74) is 0.765. The van der Waals surface area contributed by atoms with E-state index in [1.54, 1.807) is 17.4 Å². The van der Waals surface area contributed by atoms with Crippen molar-refractivity contribution < 1.29 is 4.39 Å². The zero-order valence-electron chi connectivity index (χ0n) is 9.62. The van der Waals surface area contributed by atoms with Crippen molar-refractivity contribution in [1.82, 2.24) is 0 Å². The molecule has 2 rings (SSSR count). The van der Waals surface area contributed by atoms with Gasteiger partial charge in [-0.15, -0.1) is 11.3 Å². The third-order valence-corrected chi connectivity index (χ3v) is 5.16. The van der Waals surface area contributed by atoms with Crippen LogP contribution in [0.15, 0.2) is 36.4 Å². The highest BCUT2D eigenvalue weighted by molar-refractivity contribution is 9.09. The van der Waals surface area contributed by atoms with Crippen molar-refractivity contribution in [3.8, 4) is 0 Å². The molecular weight excluding hydrogens is 299 g/mol. The molecule has 0 aliphatic carbocycles. The lowest BCUT2D eigenvalue weighted by Crippen LogP contribution is -1.95. The largest absolute Gasteiger partial charge is 0.207 e. The molecule has 0 radical (unpaired) electrons. The summed E-state index contributed by atoms with van der Waals surface area (Å²) >= 11 is 5.44. The molecule has 0 aliphatic rings. The van der Waals surface area contributed by atoms with Crippen LogP contribution in [0.2, 0.25) is 0 Å². The number of aryl methyl sites for hydroxylation is 1. The SMILES string of the molecule is CCc1ccc(C(Br)Cc2ccccc2F)s1. The van der Waals surface area contributed by atoms with E-state index in [1.165, 1.54) is 15.8 Å². The van der Waals surface area contributed by atoms with Crippen molar-refractivity contribution in [2.75, 3.05) is 0 Å². The normalized spacial score (nSPS) is 12.6. The zero-order valence-corrected chi connectivity index (χ0v) is 12.0. The summed E-state index contributed by atoms with van der Waals surface area (Å²) in [6.45, 7) is 2.15. The molecular formula is C14H14BrFS. The lowest BCUT2D eigenvalue weighted by atomic mass is 10.1. The topological polar surface area (TPSA) is 0 Å². The molecule has 1 aromatic carbocycles. The van der Waals surface area contributed by atoms with Gasteiger partial charge in [-0.05, 0) is 36.6 Å². The van der Waals surface area contributed by atoms with Gasteiger partial charge < -0.3 is 0 Å². The molecule has 0 amide bonds. The Hall–Kier alpha value is -0.670. The molecule has 0 spiro atoms. The van der Waals surface area contributed by atoms with Gasteiger partial charge in [0.05, 0.1) is 4.83 Å². The first-order chi connectivity index (χ1) is 8.20. The second-order valence-corrected chi connectivity index (χ2v) is 6.23. The van der Waals surface area contributed by atoms with Gasteiger partial charge in [0, 0.05) is 9.75 Å². The third-order valence-electron chi connectivity index (χ3n) is 2.70. The van der Waals surface area contributed by atoms with Gasteiger partial charge in [0.25, 0.3) is 0 Å². The van der Waals surface area contributed by atoms with Crippen molar-refractivity contribution in [2.45, 2.75) is 24.6 Å². The van der Waals surface area contributed by atoms with Gasteiger partial charge in [-0.3, -0.25) is 0 Å². The number of halogens is 2. The van der Waals surface area contributed by atoms with Gasteiger partial charge >= 0.3 is 0 Å². The van der Waals surface area contributed by atoms with Crippen LogP contribution in [-0.2, 0) is 12.8 Å². The van der Waals surface area contributed by atoms with Crippen molar-refractivity contribution in [3.05, 3.63) is 57.5 Å². The minimum Gasteiger partial charge on any atom is -0.207 e. The third kappa shape index (κ3) is 3.17. The number of rotatable bonds is 4. The molecule has 1 unspecified atom stereocenters. The Kier molecular flexibility index (Phi) is 4.35. The van der Waals surface area contributed by atoms with Gasteiger partial charge in [0.1, 0.15) is 5.82 Å². The Morgan fingerprint density at radius 1 is 1.24 bits per heavy atom. The Balaban J connectivity index is 2.11. The molecule has 1 atom stereocenters. The number of alkyl halides is 1. The molecule has 0 nitrogen and oxygen atoms in total. The molecule has 0 N–H and O–H groups in total. The summed E-state index contributed by atoms with van der Waals surface area (Å²) in [5, 5.41) is 0. The minimum atomic E-state index is -0.121. The molecule has 2 aromatic rings. The highest BCUT2D eigenvalue weighted by Crippen LogP contribution is 2.33. The maximum Gasteiger partial charge on any atom is 0.126 e. The fraction of sp³-hybridized carbons (Fsp3) is 0.286. The smallest absolute Gasteiger partial charge is 0.126 e. The first-order valence-electron chi connectivity index (χ1n) is 5.66. The second kappa shape index (κ2) is 5.78. The molecule has 0 saturated heterocycles. The number of hydrogen-bond donors (Lipinski definition) is 0. The summed E-state index contributed by atoms with van der Waals surface area (Å²) in [6, 6.07) is 11.2. The molecule has 1 aromatic heterocycles. The van der Waals surface area contributed by atoms with E-state index in [0.29, 0.717) is 6.42 Å². The van der Waals surface area contributed by atoms with Crippen LogP contribution in [0.25, 0.3) is 0 Å². The quantitative estimate of drug-likeness (QED) is 0.687. The maximum absolute atomic E-state index is 13.5. The molecule has 0 saturated carbocycles. The molecule has 1 heterocycles. The summed E-state index contributed by atoms with van der Waals surface area (Å²) in [4.78, 5) is 2.84. The predicted octanol–water partition coefficient (Wildman–Crippen LogP) is 5.13. The summed E-state index contributed by atoms with van der Waals surface area (Å²) in [6.07, 6.45) is 1.75. The number of benzene rings is 1. The van der Waals surface area contributed by atoms with Gasteiger partial charge in [-0.2, -0.15) is 0 Å². The van der Waals surface area contributed by atoms with Crippen molar-refractivity contribution >= 4 is 27.3 Å². The Morgan fingerprint density at radius 2 is 2.00 bits per heavy atom. The summed E-state index contributed by atoms with van der Waals surface area (Å²) < 4.78 is 13.5.